The quantitative estimate of drug-likeness (QED) is 0.712. The number of likely N-dealkylation sites (N-methyl/N-ethyl adjacent to an activating group) is 1. The summed E-state index contributed by atoms with van der Waals surface area (Å²) in [7, 11) is 1.76. The summed E-state index contributed by atoms with van der Waals surface area (Å²) in [5.41, 5.74) is 6.86. The highest BCUT2D eigenvalue weighted by Gasteiger charge is 2.22. The predicted octanol–water partition coefficient (Wildman–Crippen LogP) is 0.686. The monoisotopic (exact) mass is 223 g/mol. The summed E-state index contributed by atoms with van der Waals surface area (Å²) < 4.78 is 13.1. The van der Waals surface area contributed by atoms with Crippen molar-refractivity contribution in [2.45, 2.75) is 0 Å². The van der Waals surface area contributed by atoms with Gasteiger partial charge in [-0.3, -0.25) is 4.79 Å². The number of amides is 1. The average molecular weight is 223 g/mol. The number of nitrogens with zero attached hydrogens (tertiary/aromatic N) is 2. The van der Waals surface area contributed by atoms with E-state index in [-0.39, 0.29) is 18.3 Å². The third-order valence-electron chi connectivity index (χ3n) is 2.79. The molecule has 1 aliphatic heterocycles. The molecule has 0 aliphatic carbocycles. The maximum absolute atomic E-state index is 13.1. The lowest BCUT2D eigenvalue weighted by atomic mass is 10.2. The van der Waals surface area contributed by atoms with Gasteiger partial charge in [0, 0.05) is 20.1 Å². The van der Waals surface area contributed by atoms with Crippen LogP contribution in [0, 0.1) is 5.82 Å². The standard InChI is InChI=1S/C11H14FN3O/c1-14-4-5-15(7-11(14)16)10-6-8(12)2-3-9(10)13/h2-3,6H,4-5,7,13H2,1H3. The van der Waals surface area contributed by atoms with E-state index < -0.39 is 0 Å². The molecule has 1 amide bonds. The second kappa shape index (κ2) is 4.00. The molecule has 0 unspecified atom stereocenters. The van der Waals surface area contributed by atoms with E-state index in [1.807, 2.05) is 0 Å². The molecule has 1 fully saturated rings. The van der Waals surface area contributed by atoms with Crippen molar-refractivity contribution in [3.8, 4) is 0 Å². The van der Waals surface area contributed by atoms with Crippen LogP contribution in [0.2, 0.25) is 0 Å². The Labute approximate surface area is 93.4 Å². The molecule has 0 atom stereocenters. The molecule has 2 N–H and O–H groups in total. The first-order valence-electron chi connectivity index (χ1n) is 5.12. The van der Waals surface area contributed by atoms with Crippen LogP contribution in [0.1, 0.15) is 0 Å². The number of hydrogen-bond donors (Lipinski definition) is 1. The fourth-order valence-electron chi connectivity index (χ4n) is 1.75. The largest absolute Gasteiger partial charge is 0.397 e. The van der Waals surface area contributed by atoms with Gasteiger partial charge in [-0.05, 0) is 18.2 Å². The lowest BCUT2D eigenvalue weighted by Crippen LogP contribution is -2.48. The zero-order valence-corrected chi connectivity index (χ0v) is 9.11. The highest BCUT2D eigenvalue weighted by Crippen LogP contribution is 2.25. The zero-order chi connectivity index (χ0) is 11.7. The molecule has 0 spiro atoms. The highest BCUT2D eigenvalue weighted by atomic mass is 19.1. The normalized spacial score (nSPS) is 16.8. The Kier molecular flexibility index (Phi) is 2.68. The minimum Gasteiger partial charge on any atom is -0.397 e. The second-order valence-corrected chi connectivity index (χ2v) is 3.94. The molecule has 1 aliphatic rings. The van der Waals surface area contributed by atoms with Crippen LogP contribution < -0.4 is 10.6 Å². The van der Waals surface area contributed by atoms with Gasteiger partial charge in [-0.15, -0.1) is 0 Å². The van der Waals surface area contributed by atoms with Gasteiger partial charge >= 0.3 is 0 Å². The molecule has 4 nitrogen and oxygen atoms in total. The Morgan fingerprint density at radius 3 is 2.81 bits per heavy atom. The molecule has 1 heterocycles. The molecule has 1 aromatic carbocycles. The second-order valence-electron chi connectivity index (χ2n) is 3.94. The van der Waals surface area contributed by atoms with Crippen LogP contribution in [-0.2, 0) is 4.79 Å². The maximum atomic E-state index is 13.1. The molecule has 1 saturated heterocycles. The van der Waals surface area contributed by atoms with E-state index in [9.17, 15) is 9.18 Å². The van der Waals surface area contributed by atoms with E-state index >= 15 is 0 Å². The topological polar surface area (TPSA) is 49.6 Å². The van der Waals surface area contributed by atoms with Crippen LogP contribution in [0.3, 0.4) is 0 Å². The van der Waals surface area contributed by atoms with E-state index in [0.717, 1.165) is 0 Å². The Bertz CT molecular complexity index is 422. The summed E-state index contributed by atoms with van der Waals surface area (Å²) in [4.78, 5) is 15.0. The van der Waals surface area contributed by atoms with Crippen LogP contribution in [-0.4, -0.2) is 37.5 Å². The van der Waals surface area contributed by atoms with Crippen molar-refractivity contribution in [3.63, 3.8) is 0 Å². The molecule has 0 aromatic heterocycles. The number of rotatable bonds is 1. The SMILES string of the molecule is CN1CCN(c2cc(F)ccc2N)CC1=O. The average Bonchev–Trinajstić information content (AvgIpc) is 2.26. The number of benzene rings is 1. The number of hydrogen-bond acceptors (Lipinski definition) is 3. The number of anilines is 2. The fraction of sp³-hybridized carbons (Fsp3) is 0.364. The Morgan fingerprint density at radius 2 is 2.12 bits per heavy atom. The minimum absolute atomic E-state index is 0.0231. The van der Waals surface area contributed by atoms with Crippen molar-refractivity contribution in [3.05, 3.63) is 24.0 Å². The van der Waals surface area contributed by atoms with Gasteiger partial charge in [-0.25, -0.2) is 4.39 Å². The van der Waals surface area contributed by atoms with Gasteiger partial charge in [-0.1, -0.05) is 0 Å². The third kappa shape index (κ3) is 1.93. The number of nitrogen functional groups attached to an aromatic ring is 1. The van der Waals surface area contributed by atoms with Crippen LogP contribution in [0.4, 0.5) is 15.8 Å². The van der Waals surface area contributed by atoms with Gasteiger partial charge in [0.05, 0.1) is 17.9 Å². The van der Waals surface area contributed by atoms with Crippen LogP contribution in [0.15, 0.2) is 18.2 Å². The molecule has 5 heteroatoms. The van der Waals surface area contributed by atoms with Gasteiger partial charge in [0.1, 0.15) is 5.82 Å². The number of nitrogens with two attached hydrogens (primary N) is 1. The number of piperazine rings is 1. The minimum atomic E-state index is -0.337. The van der Waals surface area contributed by atoms with Crippen molar-refractivity contribution < 1.29 is 9.18 Å². The van der Waals surface area contributed by atoms with Gasteiger partial charge < -0.3 is 15.5 Å². The smallest absolute Gasteiger partial charge is 0.241 e. The van der Waals surface area contributed by atoms with E-state index in [2.05, 4.69) is 0 Å². The van der Waals surface area contributed by atoms with Crippen molar-refractivity contribution in [1.82, 2.24) is 4.90 Å². The van der Waals surface area contributed by atoms with Crippen LogP contribution in [0.5, 0.6) is 0 Å². The molecule has 86 valence electrons. The van der Waals surface area contributed by atoms with Gasteiger partial charge in [0.25, 0.3) is 0 Å². The lowest BCUT2D eigenvalue weighted by Gasteiger charge is -2.34. The van der Waals surface area contributed by atoms with Crippen molar-refractivity contribution in [2.24, 2.45) is 0 Å². The first kappa shape index (κ1) is 10.7. The fourth-order valence-corrected chi connectivity index (χ4v) is 1.75. The van der Waals surface area contributed by atoms with Crippen LogP contribution in [0.25, 0.3) is 0 Å². The predicted molar refractivity (Wildman–Crippen MR) is 60.7 cm³/mol. The van der Waals surface area contributed by atoms with Crippen molar-refractivity contribution >= 4 is 17.3 Å². The third-order valence-corrected chi connectivity index (χ3v) is 2.79. The molecule has 0 radical (unpaired) electrons. The van der Waals surface area contributed by atoms with E-state index in [4.69, 9.17) is 5.73 Å². The summed E-state index contributed by atoms with van der Waals surface area (Å²) in [6, 6.07) is 4.21. The molecule has 0 saturated carbocycles. The highest BCUT2D eigenvalue weighted by molar-refractivity contribution is 5.84. The summed E-state index contributed by atoms with van der Waals surface area (Å²) in [6.07, 6.45) is 0. The summed E-state index contributed by atoms with van der Waals surface area (Å²) in [5, 5.41) is 0. The zero-order valence-electron chi connectivity index (χ0n) is 9.11. The van der Waals surface area contributed by atoms with Crippen LogP contribution >= 0.6 is 0 Å². The first-order chi connectivity index (χ1) is 7.58. The molecule has 1 aromatic rings. The van der Waals surface area contributed by atoms with E-state index in [1.54, 1.807) is 16.8 Å². The lowest BCUT2D eigenvalue weighted by molar-refractivity contribution is -0.129. The Balaban J connectivity index is 2.24. The molecule has 0 bridgehead atoms. The number of halogens is 1. The summed E-state index contributed by atoms with van der Waals surface area (Å²) in [5.74, 6) is -0.314. The Hall–Kier alpha value is -1.78. The summed E-state index contributed by atoms with van der Waals surface area (Å²) >= 11 is 0. The van der Waals surface area contributed by atoms with Gasteiger partial charge in [-0.2, -0.15) is 0 Å². The van der Waals surface area contributed by atoms with Crippen molar-refractivity contribution in [2.75, 3.05) is 37.3 Å². The molecule has 16 heavy (non-hydrogen) atoms. The summed E-state index contributed by atoms with van der Waals surface area (Å²) in [6.45, 7) is 1.56. The number of carbonyl (C=O) groups is 1. The maximum Gasteiger partial charge on any atom is 0.241 e. The van der Waals surface area contributed by atoms with Gasteiger partial charge in [0.15, 0.2) is 0 Å². The molecular formula is C11H14FN3O. The van der Waals surface area contributed by atoms with Crippen molar-refractivity contribution in [1.29, 1.82) is 0 Å². The van der Waals surface area contributed by atoms with Gasteiger partial charge in [0.2, 0.25) is 5.91 Å². The molecular weight excluding hydrogens is 209 g/mol. The first-order valence-corrected chi connectivity index (χ1v) is 5.12. The number of carbonyl (C=O) groups excluding carboxylic acids is 1. The van der Waals surface area contributed by atoms with E-state index in [0.29, 0.717) is 24.5 Å². The van der Waals surface area contributed by atoms with E-state index in [1.165, 1.54) is 18.2 Å². The molecule has 2 rings (SSSR count). The Morgan fingerprint density at radius 1 is 1.38 bits per heavy atom.